The molecule has 2 aromatic carbocycles. The highest BCUT2D eigenvalue weighted by Gasteiger charge is 2.17. The number of hydrogen-bond acceptors (Lipinski definition) is 7. The van der Waals surface area contributed by atoms with Crippen molar-refractivity contribution in [3.8, 4) is 11.5 Å². The smallest absolute Gasteiger partial charge is 0.174 e. The number of hydrogen-bond donors (Lipinski definition) is 1. The number of benzene rings is 2. The number of methoxy groups -OCH3 is 1. The van der Waals surface area contributed by atoms with Gasteiger partial charge < -0.3 is 19.5 Å². The Balaban J connectivity index is 1.57. The van der Waals surface area contributed by atoms with Gasteiger partial charge in [0, 0.05) is 25.3 Å². The molecule has 0 saturated carbocycles. The summed E-state index contributed by atoms with van der Waals surface area (Å²) in [5.41, 5.74) is 1.31. The summed E-state index contributed by atoms with van der Waals surface area (Å²) in [6.07, 6.45) is 2.33. The highest BCUT2D eigenvalue weighted by atomic mass is 35.5. The molecular weight excluding hydrogens is 423 g/mol. The van der Waals surface area contributed by atoms with E-state index in [0.29, 0.717) is 40.5 Å². The number of halogens is 2. The Kier molecular flexibility index (Phi) is 7.01. The zero-order valence-electron chi connectivity index (χ0n) is 17.2. The van der Waals surface area contributed by atoms with Crippen molar-refractivity contribution in [1.29, 1.82) is 0 Å². The van der Waals surface area contributed by atoms with Crippen LogP contribution in [-0.2, 0) is 4.74 Å². The van der Waals surface area contributed by atoms with E-state index in [-0.39, 0.29) is 5.02 Å². The van der Waals surface area contributed by atoms with Gasteiger partial charge in [-0.1, -0.05) is 11.6 Å². The molecule has 1 saturated heterocycles. The van der Waals surface area contributed by atoms with E-state index in [0.717, 1.165) is 39.3 Å². The molecule has 0 atom stereocenters. The first-order chi connectivity index (χ1) is 15.2. The maximum Gasteiger partial charge on any atom is 0.174 e. The monoisotopic (exact) mass is 446 g/mol. The molecule has 7 nitrogen and oxygen atoms in total. The van der Waals surface area contributed by atoms with Crippen LogP contribution in [0, 0.1) is 5.82 Å². The lowest BCUT2D eigenvalue weighted by atomic mass is 10.2. The molecule has 9 heteroatoms. The third kappa shape index (κ3) is 5.15. The molecule has 0 unspecified atom stereocenters. The van der Waals surface area contributed by atoms with Crippen molar-refractivity contribution >= 4 is 34.0 Å². The summed E-state index contributed by atoms with van der Waals surface area (Å²) in [6, 6.07) is 8.08. The minimum atomic E-state index is -0.481. The van der Waals surface area contributed by atoms with Crippen LogP contribution in [0.4, 0.5) is 15.9 Å². The Labute approximate surface area is 185 Å². The van der Waals surface area contributed by atoms with E-state index in [1.54, 1.807) is 13.2 Å². The average molecular weight is 447 g/mol. The van der Waals surface area contributed by atoms with Crippen molar-refractivity contribution in [1.82, 2.24) is 14.9 Å². The van der Waals surface area contributed by atoms with Crippen LogP contribution in [0.3, 0.4) is 0 Å². The lowest BCUT2D eigenvalue weighted by Gasteiger charge is -2.26. The summed E-state index contributed by atoms with van der Waals surface area (Å²) in [6.45, 7) is 4.89. The van der Waals surface area contributed by atoms with Gasteiger partial charge in [-0.25, -0.2) is 14.4 Å². The Hall–Kier alpha value is -2.68. The number of nitrogens with zero attached hydrogens (tertiary/aromatic N) is 3. The molecule has 1 aliphatic heterocycles. The molecule has 1 N–H and O–H groups in total. The number of morpholine rings is 1. The molecule has 1 aromatic heterocycles. The standard InChI is InChI=1S/C22H24ClFN4O3/c1-29-19-6-5-18-20(21(19)31-10-2-7-28-8-11-30-12-9-28)22(26-14-25-18)27-15-3-4-17(24)16(23)13-15/h3-6,13-14H,2,7-12H2,1H3,(H,25,26,27). The summed E-state index contributed by atoms with van der Waals surface area (Å²) in [5.74, 6) is 1.20. The Bertz CT molecular complexity index is 1050. The fraction of sp³-hybridized carbons (Fsp3) is 0.364. The maximum atomic E-state index is 13.5. The minimum absolute atomic E-state index is 0.0283. The fourth-order valence-electron chi connectivity index (χ4n) is 3.50. The third-order valence-electron chi connectivity index (χ3n) is 5.09. The van der Waals surface area contributed by atoms with Crippen molar-refractivity contribution in [3.05, 3.63) is 47.5 Å². The predicted octanol–water partition coefficient (Wildman–Crippen LogP) is 4.28. The first-order valence-electron chi connectivity index (χ1n) is 10.1. The van der Waals surface area contributed by atoms with E-state index in [1.807, 2.05) is 12.1 Å². The minimum Gasteiger partial charge on any atom is -0.493 e. The van der Waals surface area contributed by atoms with Crippen LogP contribution in [0.2, 0.25) is 5.02 Å². The molecule has 2 heterocycles. The molecule has 1 aliphatic rings. The number of nitrogens with one attached hydrogen (secondary N) is 1. The maximum absolute atomic E-state index is 13.5. The highest BCUT2D eigenvalue weighted by molar-refractivity contribution is 6.31. The molecular formula is C22H24ClFN4O3. The van der Waals surface area contributed by atoms with Crippen molar-refractivity contribution in [2.24, 2.45) is 0 Å². The zero-order valence-corrected chi connectivity index (χ0v) is 18.0. The van der Waals surface area contributed by atoms with E-state index in [2.05, 4.69) is 20.2 Å². The molecule has 0 radical (unpaired) electrons. The molecule has 0 bridgehead atoms. The van der Waals surface area contributed by atoms with Gasteiger partial charge in [0.05, 0.1) is 42.9 Å². The van der Waals surface area contributed by atoms with Gasteiger partial charge >= 0.3 is 0 Å². The third-order valence-corrected chi connectivity index (χ3v) is 5.38. The van der Waals surface area contributed by atoms with Gasteiger partial charge in [-0.2, -0.15) is 0 Å². The first kappa shape index (κ1) is 21.5. The largest absolute Gasteiger partial charge is 0.493 e. The Morgan fingerprint density at radius 3 is 2.81 bits per heavy atom. The Morgan fingerprint density at radius 2 is 2.03 bits per heavy atom. The second-order valence-electron chi connectivity index (χ2n) is 7.12. The molecule has 31 heavy (non-hydrogen) atoms. The van der Waals surface area contributed by atoms with Gasteiger partial charge in [-0.3, -0.25) is 4.90 Å². The zero-order chi connectivity index (χ0) is 21.6. The summed E-state index contributed by atoms with van der Waals surface area (Å²) in [4.78, 5) is 11.1. The summed E-state index contributed by atoms with van der Waals surface area (Å²) < 4.78 is 30.6. The number of aromatic nitrogens is 2. The van der Waals surface area contributed by atoms with Crippen LogP contribution in [0.25, 0.3) is 10.9 Å². The average Bonchev–Trinajstić information content (AvgIpc) is 2.80. The summed E-state index contributed by atoms with van der Waals surface area (Å²) in [5, 5.41) is 3.91. The summed E-state index contributed by atoms with van der Waals surface area (Å²) in [7, 11) is 1.60. The van der Waals surface area contributed by atoms with E-state index < -0.39 is 5.82 Å². The predicted molar refractivity (Wildman–Crippen MR) is 118 cm³/mol. The van der Waals surface area contributed by atoms with Gasteiger partial charge in [-0.15, -0.1) is 0 Å². The quantitative estimate of drug-likeness (QED) is 0.518. The van der Waals surface area contributed by atoms with Crippen LogP contribution in [0.15, 0.2) is 36.7 Å². The topological polar surface area (TPSA) is 68.7 Å². The molecule has 3 aromatic rings. The molecule has 0 aliphatic carbocycles. The van der Waals surface area contributed by atoms with Gasteiger partial charge in [0.2, 0.25) is 0 Å². The first-order valence-corrected chi connectivity index (χ1v) is 10.5. The Morgan fingerprint density at radius 1 is 1.19 bits per heavy atom. The van der Waals surface area contributed by atoms with Gasteiger partial charge in [0.25, 0.3) is 0 Å². The van der Waals surface area contributed by atoms with Crippen molar-refractivity contribution < 1.29 is 18.6 Å². The van der Waals surface area contributed by atoms with Crippen LogP contribution in [0.1, 0.15) is 6.42 Å². The molecule has 4 rings (SSSR count). The lowest BCUT2D eigenvalue weighted by Crippen LogP contribution is -2.37. The summed E-state index contributed by atoms with van der Waals surface area (Å²) >= 11 is 5.92. The number of fused-ring (bicyclic) bond motifs is 1. The normalized spacial score (nSPS) is 14.5. The second kappa shape index (κ2) is 10.1. The SMILES string of the molecule is COc1ccc2ncnc(Nc3ccc(F)c(Cl)c3)c2c1OCCCN1CCOCC1. The molecule has 0 amide bonds. The van der Waals surface area contributed by atoms with Crippen molar-refractivity contribution in [2.45, 2.75) is 6.42 Å². The number of rotatable bonds is 8. The molecule has 0 spiro atoms. The number of anilines is 2. The molecule has 164 valence electrons. The highest BCUT2D eigenvalue weighted by Crippen LogP contribution is 2.39. The second-order valence-corrected chi connectivity index (χ2v) is 7.53. The van der Waals surface area contributed by atoms with E-state index in [1.165, 1.54) is 18.5 Å². The number of ether oxygens (including phenoxy) is 3. The van der Waals surface area contributed by atoms with Crippen LogP contribution >= 0.6 is 11.6 Å². The fourth-order valence-corrected chi connectivity index (χ4v) is 3.68. The van der Waals surface area contributed by atoms with E-state index in [9.17, 15) is 4.39 Å². The molecule has 1 fully saturated rings. The van der Waals surface area contributed by atoms with E-state index >= 15 is 0 Å². The van der Waals surface area contributed by atoms with Gasteiger partial charge in [0.15, 0.2) is 11.5 Å². The van der Waals surface area contributed by atoms with Crippen molar-refractivity contribution in [2.75, 3.05) is 51.9 Å². The van der Waals surface area contributed by atoms with Gasteiger partial charge in [0.1, 0.15) is 18.0 Å². The van der Waals surface area contributed by atoms with E-state index in [4.69, 9.17) is 25.8 Å². The van der Waals surface area contributed by atoms with Crippen LogP contribution < -0.4 is 14.8 Å². The van der Waals surface area contributed by atoms with Gasteiger partial charge in [-0.05, 0) is 36.8 Å². The van der Waals surface area contributed by atoms with Crippen molar-refractivity contribution in [3.63, 3.8) is 0 Å². The lowest BCUT2D eigenvalue weighted by molar-refractivity contribution is 0.0358. The van der Waals surface area contributed by atoms with Crippen LogP contribution in [-0.4, -0.2) is 61.4 Å². The van der Waals surface area contributed by atoms with Crippen LogP contribution in [0.5, 0.6) is 11.5 Å².